The van der Waals surface area contributed by atoms with Crippen molar-refractivity contribution in [1.82, 2.24) is 9.97 Å². The fourth-order valence-corrected chi connectivity index (χ4v) is 2.57. The van der Waals surface area contributed by atoms with Crippen LogP contribution in [-0.2, 0) is 4.74 Å². The van der Waals surface area contributed by atoms with E-state index in [0.717, 1.165) is 0 Å². The molecular weight excluding hydrogens is 346 g/mol. The quantitative estimate of drug-likeness (QED) is 0.739. The second kappa shape index (κ2) is 7.03. The van der Waals surface area contributed by atoms with E-state index in [2.05, 4.69) is 9.97 Å². The summed E-state index contributed by atoms with van der Waals surface area (Å²) < 4.78 is 5.54. The highest BCUT2D eigenvalue weighted by Crippen LogP contribution is 2.31. The summed E-state index contributed by atoms with van der Waals surface area (Å²) in [5.41, 5.74) is 0.320. The molecule has 0 unspecified atom stereocenters. The summed E-state index contributed by atoms with van der Waals surface area (Å²) in [6, 6.07) is 13.3. The van der Waals surface area contributed by atoms with Gasteiger partial charge in [-0.3, -0.25) is 0 Å². The highest BCUT2D eigenvalue weighted by Gasteiger charge is 2.27. The number of carboxylic acid groups (broad SMARTS) is 1. The van der Waals surface area contributed by atoms with Gasteiger partial charge in [0.05, 0.1) is 16.8 Å². The smallest absolute Gasteiger partial charge is 0.420 e. The molecule has 2 aromatic carbocycles. The van der Waals surface area contributed by atoms with E-state index < -0.39 is 17.7 Å². The first kappa shape index (κ1) is 18.3. The van der Waals surface area contributed by atoms with Crippen LogP contribution in [0.25, 0.3) is 10.9 Å². The molecule has 3 aromatic rings. The van der Waals surface area contributed by atoms with Crippen LogP contribution in [0.3, 0.4) is 0 Å². The standard InChI is InChI=1S/C20H19N3O4/c1-20(2,3)27-19(26)23(14-8-6-7-13(11-14)18(24)25)17-15-9-4-5-10-16(15)21-12-22-17/h4-12H,1-3H3,(H,24,25). The van der Waals surface area contributed by atoms with Gasteiger partial charge in [0.1, 0.15) is 11.9 Å². The van der Waals surface area contributed by atoms with Crippen molar-refractivity contribution in [3.63, 3.8) is 0 Å². The number of para-hydroxylation sites is 1. The van der Waals surface area contributed by atoms with Crippen LogP contribution < -0.4 is 4.90 Å². The molecule has 0 aliphatic heterocycles. The summed E-state index contributed by atoms with van der Waals surface area (Å²) >= 11 is 0. The summed E-state index contributed by atoms with van der Waals surface area (Å²) in [7, 11) is 0. The number of aromatic nitrogens is 2. The van der Waals surface area contributed by atoms with Gasteiger partial charge in [-0.05, 0) is 51.1 Å². The number of ether oxygens (including phenoxy) is 1. The Kier molecular flexibility index (Phi) is 4.77. The van der Waals surface area contributed by atoms with Crippen LogP contribution >= 0.6 is 0 Å². The van der Waals surface area contributed by atoms with E-state index in [9.17, 15) is 14.7 Å². The Bertz CT molecular complexity index is 1010. The number of benzene rings is 2. The lowest BCUT2D eigenvalue weighted by molar-refractivity contribution is 0.0596. The Labute approximate surface area is 156 Å². The van der Waals surface area contributed by atoms with Gasteiger partial charge in [0, 0.05) is 5.39 Å². The molecule has 0 spiro atoms. The lowest BCUT2D eigenvalue weighted by atomic mass is 10.1. The monoisotopic (exact) mass is 365 g/mol. The summed E-state index contributed by atoms with van der Waals surface area (Å²) in [5.74, 6) is -0.772. The first-order valence-electron chi connectivity index (χ1n) is 8.32. The molecule has 1 N–H and O–H groups in total. The van der Waals surface area contributed by atoms with Crippen molar-refractivity contribution < 1.29 is 19.4 Å². The summed E-state index contributed by atoms with van der Waals surface area (Å²) in [6.07, 6.45) is 0.699. The first-order valence-corrected chi connectivity index (χ1v) is 8.32. The summed E-state index contributed by atoms with van der Waals surface area (Å²) in [6.45, 7) is 5.28. The average molecular weight is 365 g/mol. The van der Waals surface area contributed by atoms with Gasteiger partial charge in [-0.25, -0.2) is 24.5 Å². The number of hydrogen-bond donors (Lipinski definition) is 1. The molecule has 0 aliphatic rings. The van der Waals surface area contributed by atoms with Gasteiger partial charge in [-0.2, -0.15) is 0 Å². The number of amides is 1. The maximum absolute atomic E-state index is 13.0. The molecule has 1 aromatic heterocycles. The molecule has 0 radical (unpaired) electrons. The number of hydrogen-bond acceptors (Lipinski definition) is 5. The van der Waals surface area contributed by atoms with Gasteiger partial charge in [0.15, 0.2) is 5.82 Å². The van der Waals surface area contributed by atoms with Crippen LogP contribution in [0, 0.1) is 0 Å². The summed E-state index contributed by atoms with van der Waals surface area (Å²) in [5, 5.41) is 9.94. The molecule has 0 fully saturated rings. The minimum atomic E-state index is -1.09. The molecule has 0 atom stereocenters. The molecule has 7 heteroatoms. The number of nitrogens with zero attached hydrogens (tertiary/aromatic N) is 3. The number of carboxylic acids is 1. The molecule has 0 bridgehead atoms. The molecule has 27 heavy (non-hydrogen) atoms. The van der Waals surface area contributed by atoms with Crippen molar-refractivity contribution in [2.24, 2.45) is 0 Å². The molecule has 7 nitrogen and oxygen atoms in total. The summed E-state index contributed by atoms with van der Waals surface area (Å²) in [4.78, 5) is 34.1. The molecule has 0 saturated carbocycles. The Balaban J connectivity index is 2.20. The number of aromatic carboxylic acids is 1. The van der Waals surface area contributed by atoms with Gasteiger partial charge in [-0.1, -0.05) is 18.2 Å². The minimum Gasteiger partial charge on any atom is -0.478 e. The van der Waals surface area contributed by atoms with Crippen molar-refractivity contribution in [2.45, 2.75) is 26.4 Å². The zero-order valence-corrected chi connectivity index (χ0v) is 15.2. The second-order valence-electron chi connectivity index (χ2n) is 6.89. The van der Waals surface area contributed by atoms with Gasteiger partial charge in [0.2, 0.25) is 0 Å². The Hall–Kier alpha value is -3.48. The van der Waals surface area contributed by atoms with Crippen LogP contribution in [0.4, 0.5) is 16.3 Å². The molecule has 0 saturated heterocycles. The zero-order valence-electron chi connectivity index (χ0n) is 15.2. The minimum absolute atomic E-state index is 0.0550. The fraction of sp³-hybridized carbons (Fsp3) is 0.200. The molecular formula is C20H19N3O4. The third-order valence-electron chi connectivity index (χ3n) is 3.66. The molecule has 1 heterocycles. The lowest BCUT2D eigenvalue weighted by Gasteiger charge is -2.27. The van der Waals surface area contributed by atoms with E-state index >= 15 is 0 Å². The van der Waals surface area contributed by atoms with Crippen LogP contribution in [0.2, 0.25) is 0 Å². The molecule has 0 aliphatic carbocycles. The van der Waals surface area contributed by atoms with Gasteiger partial charge >= 0.3 is 12.1 Å². The maximum atomic E-state index is 13.0. The molecule has 138 valence electrons. The van der Waals surface area contributed by atoms with E-state index in [-0.39, 0.29) is 5.56 Å². The number of anilines is 2. The Morgan fingerprint density at radius 3 is 2.48 bits per heavy atom. The average Bonchev–Trinajstić information content (AvgIpc) is 2.61. The van der Waals surface area contributed by atoms with Crippen molar-refractivity contribution >= 4 is 34.5 Å². The largest absolute Gasteiger partial charge is 0.478 e. The number of carbonyl (C=O) groups is 2. The second-order valence-corrected chi connectivity index (χ2v) is 6.89. The highest BCUT2D eigenvalue weighted by atomic mass is 16.6. The first-order chi connectivity index (χ1) is 12.8. The third-order valence-corrected chi connectivity index (χ3v) is 3.66. The van der Waals surface area contributed by atoms with Gasteiger partial charge in [0.25, 0.3) is 0 Å². The van der Waals surface area contributed by atoms with Crippen molar-refractivity contribution in [3.05, 3.63) is 60.4 Å². The Morgan fingerprint density at radius 1 is 1.04 bits per heavy atom. The highest BCUT2D eigenvalue weighted by molar-refractivity contribution is 6.04. The van der Waals surface area contributed by atoms with Gasteiger partial charge in [-0.15, -0.1) is 0 Å². The van der Waals surface area contributed by atoms with Crippen molar-refractivity contribution in [3.8, 4) is 0 Å². The number of rotatable bonds is 3. The number of fused-ring (bicyclic) bond motifs is 1. The maximum Gasteiger partial charge on any atom is 0.420 e. The van der Waals surface area contributed by atoms with Gasteiger partial charge < -0.3 is 9.84 Å². The fourth-order valence-electron chi connectivity index (χ4n) is 2.57. The predicted octanol–water partition coefficient (Wildman–Crippen LogP) is 4.40. The van der Waals surface area contributed by atoms with Crippen LogP contribution in [0.1, 0.15) is 31.1 Å². The van der Waals surface area contributed by atoms with Crippen LogP contribution in [-0.4, -0.2) is 32.7 Å². The van der Waals surface area contributed by atoms with Crippen LogP contribution in [0.15, 0.2) is 54.9 Å². The van der Waals surface area contributed by atoms with E-state index in [4.69, 9.17) is 4.74 Å². The molecule has 1 amide bonds. The topological polar surface area (TPSA) is 92.6 Å². The van der Waals surface area contributed by atoms with E-state index in [1.54, 1.807) is 39.0 Å². The third kappa shape index (κ3) is 4.03. The lowest BCUT2D eigenvalue weighted by Crippen LogP contribution is -2.34. The number of carbonyl (C=O) groups excluding carboxylic acids is 1. The van der Waals surface area contributed by atoms with E-state index in [0.29, 0.717) is 22.4 Å². The van der Waals surface area contributed by atoms with Crippen molar-refractivity contribution in [2.75, 3.05) is 4.90 Å². The normalized spacial score (nSPS) is 11.2. The molecule has 3 rings (SSSR count). The SMILES string of the molecule is CC(C)(C)OC(=O)N(c1cccc(C(=O)O)c1)c1ncnc2ccccc12. The van der Waals surface area contributed by atoms with Crippen molar-refractivity contribution in [1.29, 1.82) is 0 Å². The van der Waals surface area contributed by atoms with E-state index in [1.807, 2.05) is 18.2 Å². The van der Waals surface area contributed by atoms with Crippen LogP contribution in [0.5, 0.6) is 0 Å². The van der Waals surface area contributed by atoms with E-state index in [1.165, 1.54) is 23.4 Å². The zero-order chi connectivity index (χ0) is 19.6. The Morgan fingerprint density at radius 2 is 1.78 bits per heavy atom. The predicted molar refractivity (Wildman–Crippen MR) is 101 cm³/mol.